The Hall–Kier alpha value is -1.93. The maximum Gasteiger partial charge on any atom is 0.234 e. The summed E-state index contributed by atoms with van der Waals surface area (Å²) in [7, 11) is 0. The summed E-state index contributed by atoms with van der Waals surface area (Å²) in [5.41, 5.74) is 6.34. The van der Waals surface area contributed by atoms with Crippen LogP contribution < -0.4 is 5.73 Å². The molecule has 2 N–H and O–H groups in total. The van der Waals surface area contributed by atoms with E-state index in [1.165, 1.54) is 12.1 Å². The third-order valence-corrected chi connectivity index (χ3v) is 3.52. The van der Waals surface area contributed by atoms with Crippen molar-refractivity contribution >= 4 is 5.91 Å². The molecule has 1 fully saturated rings. The molecule has 1 amide bonds. The number of nitrogens with two attached hydrogens (primary N) is 1. The highest BCUT2D eigenvalue weighted by Gasteiger charge is 2.31. The number of likely N-dealkylation sites (tertiary alicyclic amines) is 1. The van der Waals surface area contributed by atoms with E-state index in [1.54, 1.807) is 12.1 Å². The first kappa shape index (κ1) is 13.5. The van der Waals surface area contributed by atoms with Crippen molar-refractivity contribution in [1.82, 2.24) is 4.90 Å². The Bertz CT molecular complexity index is 494. The van der Waals surface area contributed by atoms with E-state index in [0.29, 0.717) is 19.5 Å². The maximum absolute atomic E-state index is 12.8. The van der Waals surface area contributed by atoms with Gasteiger partial charge in [0.25, 0.3) is 0 Å². The number of piperidine rings is 1. The van der Waals surface area contributed by atoms with E-state index in [2.05, 4.69) is 6.07 Å². The number of amides is 1. The molecular weight excluding hydrogens is 245 g/mol. The van der Waals surface area contributed by atoms with E-state index in [9.17, 15) is 9.18 Å². The zero-order chi connectivity index (χ0) is 13.8. The van der Waals surface area contributed by atoms with E-state index in [4.69, 9.17) is 11.0 Å². The van der Waals surface area contributed by atoms with Gasteiger partial charge in [0, 0.05) is 19.0 Å². The number of nitrogens with zero attached hydrogens (tertiary/aromatic N) is 2. The second-order valence-corrected chi connectivity index (χ2v) is 4.87. The second kappa shape index (κ2) is 5.81. The van der Waals surface area contributed by atoms with Crippen molar-refractivity contribution in [2.24, 2.45) is 11.7 Å². The van der Waals surface area contributed by atoms with E-state index >= 15 is 0 Å². The van der Waals surface area contributed by atoms with Gasteiger partial charge in [-0.05, 0) is 30.5 Å². The molecule has 0 spiro atoms. The van der Waals surface area contributed by atoms with Crippen molar-refractivity contribution in [2.45, 2.75) is 25.4 Å². The molecule has 2 unspecified atom stereocenters. The van der Waals surface area contributed by atoms with Crippen LogP contribution in [0.2, 0.25) is 0 Å². The lowest BCUT2D eigenvalue weighted by atomic mass is 9.91. The zero-order valence-electron chi connectivity index (χ0n) is 10.6. The minimum absolute atomic E-state index is 0.109. The van der Waals surface area contributed by atoms with Gasteiger partial charge < -0.3 is 5.73 Å². The lowest BCUT2D eigenvalue weighted by Crippen LogP contribution is -2.49. The molecule has 100 valence electrons. The topological polar surface area (TPSA) is 70.1 Å². The average molecular weight is 261 g/mol. The Morgan fingerprint density at radius 1 is 1.47 bits per heavy atom. The van der Waals surface area contributed by atoms with Crippen LogP contribution in [0.15, 0.2) is 24.3 Å². The van der Waals surface area contributed by atoms with Crippen LogP contribution in [0.4, 0.5) is 4.39 Å². The van der Waals surface area contributed by atoms with Crippen LogP contribution >= 0.6 is 0 Å². The number of carbonyl (C=O) groups is 1. The fourth-order valence-electron chi connectivity index (χ4n) is 2.44. The van der Waals surface area contributed by atoms with E-state index < -0.39 is 11.9 Å². The van der Waals surface area contributed by atoms with Crippen LogP contribution in [0.1, 0.15) is 18.4 Å². The number of carbonyl (C=O) groups excluding carboxylic acids is 1. The van der Waals surface area contributed by atoms with Crippen molar-refractivity contribution < 1.29 is 9.18 Å². The predicted molar refractivity (Wildman–Crippen MR) is 68.1 cm³/mol. The summed E-state index contributed by atoms with van der Waals surface area (Å²) < 4.78 is 12.8. The molecule has 2 rings (SSSR count). The third kappa shape index (κ3) is 3.30. The molecule has 4 nitrogen and oxygen atoms in total. The minimum Gasteiger partial charge on any atom is -0.368 e. The van der Waals surface area contributed by atoms with Crippen LogP contribution in [0, 0.1) is 23.1 Å². The lowest BCUT2D eigenvalue weighted by Gasteiger charge is -2.35. The van der Waals surface area contributed by atoms with Crippen molar-refractivity contribution in [3.63, 3.8) is 0 Å². The van der Waals surface area contributed by atoms with Gasteiger partial charge in [-0.3, -0.25) is 9.69 Å². The number of nitriles is 1. The first-order valence-corrected chi connectivity index (χ1v) is 6.27. The fourth-order valence-corrected chi connectivity index (χ4v) is 2.44. The van der Waals surface area contributed by atoms with Crippen LogP contribution in [0.3, 0.4) is 0 Å². The predicted octanol–water partition coefficient (Wildman–Crippen LogP) is 1.42. The Labute approximate surface area is 111 Å². The van der Waals surface area contributed by atoms with Gasteiger partial charge in [-0.25, -0.2) is 4.39 Å². The number of benzene rings is 1. The highest BCUT2D eigenvalue weighted by molar-refractivity contribution is 5.80. The Balaban J connectivity index is 2.08. The molecule has 0 radical (unpaired) electrons. The molecule has 5 heteroatoms. The van der Waals surface area contributed by atoms with E-state index in [1.807, 2.05) is 4.90 Å². The lowest BCUT2D eigenvalue weighted by molar-refractivity contribution is -0.125. The summed E-state index contributed by atoms with van der Waals surface area (Å²) in [6.07, 6.45) is 1.22. The Morgan fingerprint density at radius 2 is 2.16 bits per heavy atom. The van der Waals surface area contributed by atoms with Crippen molar-refractivity contribution in [3.8, 4) is 6.07 Å². The van der Waals surface area contributed by atoms with Gasteiger partial charge in [0.15, 0.2) is 0 Å². The number of hydrogen-bond donors (Lipinski definition) is 1. The molecule has 1 aromatic carbocycles. The summed E-state index contributed by atoms with van der Waals surface area (Å²) >= 11 is 0. The second-order valence-electron chi connectivity index (χ2n) is 4.87. The SMILES string of the molecule is N#CC1CCN(Cc2ccc(F)cc2)C(C(N)=O)C1. The van der Waals surface area contributed by atoms with Crippen molar-refractivity contribution in [3.05, 3.63) is 35.6 Å². The molecule has 1 heterocycles. The smallest absolute Gasteiger partial charge is 0.234 e. The van der Waals surface area contributed by atoms with Crippen LogP contribution in [-0.2, 0) is 11.3 Å². The monoisotopic (exact) mass is 261 g/mol. The van der Waals surface area contributed by atoms with Gasteiger partial charge >= 0.3 is 0 Å². The molecule has 19 heavy (non-hydrogen) atoms. The molecule has 0 bridgehead atoms. The molecule has 0 aromatic heterocycles. The van der Waals surface area contributed by atoms with Crippen molar-refractivity contribution in [2.75, 3.05) is 6.54 Å². The summed E-state index contributed by atoms with van der Waals surface area (Å²) in [5.74, 6) is -0.789. The van der Waals surface area contributed by atoms with Gasteiger partial charge in [-0.2, -0.15) is 5.26 Å². The average Bonchev–Trinajstić information content (AvgIpc) is 2.41. The van der Waals surface area contributed by atoms with Gasteiger partial charge in [-0.15, -0.1) is 0 Å². The van der Waals surface area contributed by atoms with Gasteiger partial charge in [0.2, 0.25) is 5.91 Å². The summed E-state index contributed by atoms with van der Waals surface area (Å²) in [5, 5.41) is 8.93. The largest absolute Gasteiger partial charge is 0.368 e. The highest BCUT2D eigenvalue weighted by atomic mass is 19.1. The van der Waals surface area contributed by atoms with Gasteiger partial charge in [-0.1, -0.05) is 12.1 Å². The molecule has 0 saturated carbocycles. The Kier molecular flexibility index (Phi) is 4.13. The first-order chi connectivity index (χ1) is 9.10. The third-order valence-electron chi connectivity index (χ3n) is 3.52. The number of hydrogen-bond acceptors (Lipinski definition) is 3. The highest BCUT2D eigenvalue weighted by Crippen LogP contribution is 2.24. The van der Waals surface area contributed by atoms with Gasteiger partial charge in [0.1, 0.15) is 5.82 Å². The van der Waals surface area contributed by atoms with Crippen LogP contribution in [0.5, 0.6) is 0 Å². The summed E-state index contributed by atoms with van der Waals surface area (Å²) in [6, 6.07) is 7.98. The summed E-state index contributed by atoms with van der Waals surface area (Å²) in [4.78, 5) is 13.4. The standard InChI is InChI=1S/C14H16FN3O/c15-12-3-1-10(2-4-12)9-18-6-5-11(8-16)7-13(18)14(17)19/h1-4,11,13H,5-7,9H2,(H2,17,19). The quantitative estimate of drug-likeness (QED) is 0.894. The normalized spacial score (nSPS) is 23.8. The molecule has 1 saturated heterocycles. The van der Waals surface area contributed by atoms with Crippen LogP contribution in [0.25, 0.3) is 0 Å². The zero-order valence-corrected chi connectivity index (χ0v) is 10.6. The van der Waals surface area contributed by atoms with Crippen molar-refractivity contribution in [1.29, 1.82) is 5.26 Å². The number of primary amides is 1. The molecule has 1 aliphatic rings. The fraction of sp³-hybridized carbons (Fsp3) is 0.429. The van der Waals surface area contributed by atoms with Gasteiger partial charge in [0.05, 0.1) is 12.1 Å². The maximum atomic E-state index is 12.8. The minimum atomic E-state index is -0.413. The molecule has 1 aromatic rings. The van der Waals surface area contributed by atoms with E-state index in [0.717, 1.165) is 12.0 Å². The molecular formula is C14H16FN3O. The Morgan fingerprint density at radius 3 is 2.74 bits per heavy atom. The number of rotatable bonds is 3. The molecule has 1 aliphatic heterocycles. The van der Waals surface area contributed by atoms with Crippen LogP contribution in [-0.4, -0.2) is 23.4 Å². The molecule has 2 atom stereocenters. The molecule has 0 aliphatic carbocycles. The van der Waals surface area contributed by atoms with E-state index in [-0.39, 0.29) is 11.7 Å². The number of halogens is 1. The first-order valence-electron chi connectivity index (χ1n) is 6.27. The summed E-state index contributed by atoms with van der Waals surface area (Å²) in [6.45, 7) is 1.20.